The van der Waals surface area contributed by atoms with Gasteiger partial charge in [0.25, 0.3) is 0 Å². The summed E-state index contributed by atoms with van der Waals surface area (Å²) in [5, 5.41) is 0. The van der Waals surface area contributed by atoms with E-state index in [1.807, 2.05) is 19.1 Å². The Morgan fingerprint density at radius 2 is 2.08 bits per heavy atom. The van der Waals surface area contributed by atoms with Gasteiger partial charge in [0.1, 0.15) is 0 Å². The van der Waals surface area contributed by atoms with Crippen LogP contribution in [0.5, 0.6) is 0 Å². The van der Waals surface area contributed by atoms with Crippen molar-refractivity contribution < 1.29 is 0 Å². The van der Waals surface area contributed by atoms with Crippen LogP contribution in [0, 0.1) is 6.92 Å². The number of benzene rings is 1. The Labute approximate surface area is 80.3 Å². The molecule has 0 heterocycles. The lowest BCUT2D eigenvalue weighted by Crippen LogP contribution is -1.97. The summed E-state index contributed by atoms with van der Waals surface area (Å²) in [4.78, 5) is 0. The van der Waals surface area contributed by atoms with Crippen LogP contribution in [-0.2, 0) is 6.42 Å². The maximum Gasteiger partial charge on any atom is 0.0322 e. The van der Waals surface area contributed by atoms with Crippen molar-refractivity contribution in [1.82, 2.24) is 0 Å². The fourth-order valence-electron chi connectivity index (χ4n) is 1.70. The average Bonchev–Trinajstić information content (AvgIpc) is 2.02. The van der Waals surface area contributed by atoms with Gasteiger partial charge in [-0.2, -0.15) is 0 Å². The lowest BCUT2D eigenvalue weighted by atomic mass is 9.95. The Balaban J connectivity index is 3.38. The molecule has 0 saturated carbocycles. The summed E-state index contributed by atoms with van der Waals surface area (Å²) in [5.74, 6) is 0. The zero-order chi connectivity index (χ0) is 10.0. The number of hydrogen-bond acceptors (Lipinski definition) is 1. The Morgan fingerprint density at radius 3 is 2.54 bits per heavy atom. The summed E-state index contributed by atoms with van der Waals surface area (Å²) in [6.07, 6.45) is 1.04. The van der Waals surface area contributed by atoms with Crippen LogP contribution in [0.15, 0.2) is 18.7 Å². The second kappa shape index (κ2) is 3.65. The molecule has 1 aromatic rings. The molecule has 0 spiro atoms. The van der Waals surface area contributed by atoms with Crippen molar-refractivity contribution in [2.45, 2.75) is 27.2 Å². The number of allylic oxidation sites excluding steroid dienone is 1. The van der Waals surface area contributed by atoms with E-state index in [1.165, 1.54) is 16.7 Å². The predicted octanol–water partition coefficient (Wildman–Crippen LogP) is 3.17. The van der Waals surface area contributed by atoms with Gasteiger partial charge >= 0.3 is 0 Å². The number of rotatable bonds is 2. The molecule has 0 aliphatic carbocycles. The minimum Gasteiger partial charge on any atom is -0.399 e. The van der Waals surface area contributed by atoms with Crippen molar-refractivity contribution >= 4 is 11.3 Å². The fraction of sp³-hybridized carbons (Fsp3) is 0.333. The molecule has 0 aliphatic heterocycles. The van der Waals surface area contributed by atoms with E-state index in [2.05, 4.69) is 20.4 Å². The van der Waals surface area contributed by atoms with Gasteiger partial charge in [0.05, 0.1) is 0 Å². The van der Waals surface area contributed by atoms with Gasteiger partial charge in [-0.3, -0.25) is 0 Å². The molecule has 0 amide bonds. The van der Waals surface area contributed by atoms with E-state index >= 15 is 0 Å². The third-order valence-corrected chi connectivity index (χ3v) is 2.31. The van der Waals surface area contributed by atoms with Gasteiger partial charge in [0, 0.05) is 5.69 Å². The molecule has 70 valence electrons. The van der Waals surface area contributed by atoms with E-state index in [1.54, 1.807) is 0 Å². The summed E-state index contributed by atoms with van der Waals surface area (Å²) in [5.41, 5.74) is 11.5. The molecule has 0 aliphatic rings. The largest absolute Gasteiger partial charge is 0.399 e. The average molecular weight is 175 g/mol. The minimum atomic E-state index is 0.827. The quantitative estimate of drug-likeness (QED) is 0.686. The Hall–Kier alpha value is -1.24. The molecule has 13 heavy (non-hydrogen) atoms. The first-order valence-electron chi connectivity index (χ1n) is 4.61. The van der Waals surface area contributed by atoms with E-state index in [9.17, 15) is 0 Å². The van der Waals surface area contributed by atoms with Gasteiger partial charge in [-0.1, -0.05) is 19.1 Å². The van der Waals surface area contributed by atoms with Crippen LogP contribution in [-0.4, -0.2) is 0 Å². The summed E-state index contributed by atoms with van der Waals surface area (Å²) >= 11 is 0. The number of nitrogens with two attached hydrogens (primary N) is 1. The van der Waals surface area contributed by atoms with Crippen LogP contribution in [0.25, 0.3) is 5.57 Å². The van der Waals surface area contributed by atoms with E-state index in [0.717, 1.165) is 17.7 Å². The van der Waals surface area contributed by atoms with Crippen LogP contribution in [0.1, 0.15) is 30.5 Å². The third-order valence-electron chi connectivity index (χ3n) is 2.31. The number of aryl methyl sites for hydroxylation is 1. The zero-order valence-corrected chi connectivity index (χ0v) is 8.65. The van der Waals surface area contributed by atoms with E-state index < -0.39 is 0 Å². The molecule has 0 aromatic heterocycles. The van der Waals surface area contributed by atoms with Crippen LogP contribution in [0.2, 0.25) is 0 Å². The molecular weight excluding hydrogens is 158 g/mol. The lowest BCUT2D eigenvalue weighted by molar-refractivity contribution is 1.10. The maximum absolute atomic E-state index is 5.78. The topological polar surface area (TPSA) is 26.0 Å². The van der Waals surface area contributed by atoms with Gasteiger partial charge in [-0.05, 0) is 49.1 Å². The van der Waals surface area contributed by atoms with E-state index in [0.29, 0.717) is 0 Å². The maximum atomic E-state index is 5.78. The summed E-state index contributed by atoms with van der Waals surface area (Å²) in [6, 6.07) is 4.03. The molecule has 1 nitrogen and oxygen atoms in total. The molecule has 0 unspecified atom stereocenters. The summed E-state index contributed by atoms with van der Waals surface area (Å²) in [6.45, 7) is 10.2. The van der Waals surface area contributed by atoms with Gasteiger partial charge < -0.3 is 5.73 Å². The smallest absolute Gasteiger partial charge is 0.0322 e. The highest BCUT2D eigenvalue weighted by molar-refractivity contribution is 5.69. The first-order chi connectivity index (χ1) is 6.06. The first-order valence-corrected chi connectivity index (χ1v) is 4.61. The number of nitrogen functional groups attached to an aromatic ring is 1. The van der Waals surface area contributed by atoms with Crippen LogP contribution >= 0.6 is 0 Å². The van der Waals surface area contributed by atoms with Crippen molar-refractivity contribution in [1.29, 1.82) is 0 Å². The predicted molar refractivity (Wildman–Crippen MR) is 59.7 cm³/mol. The second-order valence-electron chi connectivity index (χ2n) is 3.50. The highest BCUT2D eigenvalue weighted by Crippen LogP contribution is 2.24. The van der Waals surface area contributed by atoms with Crippen LogP contribution < -0.4 is 5.73 Å². The zero-order valence-electron chi connectivity index (χ0n) is 8.65. The third kappa shape index (κ3) is 1.92. The molecule has 1 rings (SSSR count). The molecule has 1 heteroatoms. The van der Waals surface area contributed by atoms with E-state index in [-0.39, 0.29) is 0 Å². The highest BCUT2D eigenvalue weighted by Gasteiger charge is 2.05. The van der Waals surface area contributed by atoms with Gasteiger partial charge in [-0.25, -0.2) is 0 Å². The normalized spacial score (nSPS) is 10.1. The number of anilines is 1. The fourth-order valence-corrected chi connectivity index (χ4v) is 1.70. The SMILES string of the molecule is C=C(C)c1cc(N)cc(C)c1CC. The van der Waals surface area contributed by atoms with E-state index in [4.69, 9.17) is 5.73 Å². The van der Waals surface area contributed by atoms with Gasteiger partial charge in [0.15, 0.2) is 0 Å². The first kappa shape index (κ1) is 9.85. The molecule has 0 saturated heterocycles. The summed E-state index contributed by atoms with van der Waals surface area (Å²) in [7, 11) is 0. The van der Waals surface area contributed by atoms with Gasteiger partial charge in [-0.15, -0.1) is 0 Å². The molecule has 0 bridgehead atoms. The van der Waals surface area contributed by atoms with Crippen molar-refractivity contribution in [2.24, 2.45) is 0 Å². The molecular formula is C12H17N. The molecule has 0 fully saturated rings. The van der Waals surface area contributed by atoms with Crippen molar-refractivity contribution in [2.75, 3.05) is 5.73 Å². The monoisotopic (exact) mass is 175 g/mol. The standard InChI is InChI=1S/C12H17N/c1-5-11-9(4)6-10(13)7-12(11)8(2)3/h6-7H,2,5,13H2,1,3-4H3. The van der Waals surface area contributed by atoms with Crippen molar-refractivity contribution in [3.05, 3.63) is 35.4 Å². The number of hydrogen-bond donors (Lipinski definition) is 1. The second-order valence-corrected chi connectivity index (χ2v) is 3.50. The lowest BCUT2D eigenvalue weighted by Gasteiger charge is -2.12. The van der Waals surface area contributed by atoms with Crippen molar-refractivity contribution in [3.8, 4) is 0 Å². The Kier molecular flexibility index (Phi) is 2.76. The van der Waals surface area contributed by atoms with Gasteiger partial charge in [0.2, 0.25) is 0 Å². The molecule has 0 atom stereocenters. The Morgan fingerprint density at radius 1 is 1.46 bits per heavy atom. The van der Waals surface area contributed by atoms with Crippen molar-refractivity contribution in [3.63, 3.8) is 0 Å². The van der Waals surface area contributed by atoms with Crippen LogP contribution in [0.4, 0.5) is 5.69 Å². The highest BCUT2D eigenvalue weighted by atomic mass is 14.5. The molecule has 0 radical (unpaired) electrons. The molecule has 2 N–H and O–H groups in total. The van der Waals surface area contributed by atoms with Crippen LogP contribution in [0.3, 0.4) is 0 Å². The molecule has 1 aromatic carbocycles. The Bertz CT molecular complexity index is 337. The minimum absolute atomic E-state index is 0.827. The summed E-state index contributed by atoms with van der Waals surface area (Å²) < 4.78 is 0.